The molecule has 0 unspecified atom stereocenters. The number of carbonyl (C=O) groups excluding carboxylic acids is 1. The van der Waals surface area contributed by atoms with Crippen LogP contribution in [0.5, 0.6) is 0 Å². The Hall–Kier alpha value is -2.10. The molecule has 1 aliphatic heterocycles. The van der Waals surface area contributed by atoms with E-state index in [1.165, 1.54) is 36.4 Å². The van der Waals surface area contributed by atoms with E-state index in [0.29, 0.717) is 10.0 Å². The number of nitro benzene ring substituents is 1. The summed E-state index contributed by atoms with van der Waals surface area (Å²) in [6.07, 6.45) is 1.50. The number of anilines is 1. The van der Waals surface area contributed by atoms with Crippen LogP contribution in [0.2, 0.25) is 0 Å². The minimum absolute atomic E-state index is 0.0789. The molecule has 126 valence electrons. The van der Waals surface area contributed by atoms with Gasteiger partial charge in [0.1, 0.15) is 5.82 Å². The van der Waals surface area contributed by atoms with Crippen LogP contribution in [0.4, 0.5) is 15.8 Å². The van der Waals surface area contributed by atoms with Crippen LogP contribution in [-0.4, -0.2) is 15.2 Å². The normalized spacial score (nSPS) is 15.9. The van der Waals surface area contributed by atoms with E-state index in [0.717, 1.165) is 16.7 Å². The van der Waals surface area contributed by atoms with Crippen molar-refractivity contribution >= 4 is 67.6 Å². The van der Waals surface area contributed by atoms with Crippen molar-refractivity contribution in [1.29, 1.82) is 0 Å². The SMILES string of the molecule is O=C1/C(=C\c2ccc(Br)c([N+](=O)[O-])c2)SC(=S)N1c1ccccc1F. The first-order chi connectivity index (χ1) is 11.9. The highest BCUT2D eigenvalue weighted by molar-refractivity contribution is 9.10. The summed E-state index contributed by atoms with van der Waals surface area (Å²) in [7, 11) is 0. The molecule has 3 rings (SSSR count). The highest BCUT2D eigenvalue weighted by Gasteiger charge is 2.34. The number of amides is 1. The van der Waals surface area contributed by atoms with Crippen molar-refractivity contribution < 1.29 is 14.1 Å². The molecule has 1 aliphatic rings. The maximum Gasteiger partial charge on any atom is 0.284 e. The topological polar surface area (TPSA) is 63.4 Å². The van der Waals surface area contributed by atoms with Crippen LogP contribution in [-0.2, 0) is 4.79 Å². The Labute approximate surface area is 159 Å². The standard InChI is InChI=1S/C16H8BrFN2O3S2/c17-10-6-5-9(7-13(10)20(22)23)8-14-15(21)19(16(24)25-14)12-4-2-1-3-11(12)18/h1-8H/b14-8+. The van der Waals surface area contributed by atoms with Crippen molar-refractivity contribution in [2.45, 2.75) is 0 Å². The van der Waals surface area contributed by atoms with Crippen molar-refractivity contribution in [3.05, 3.63) is 73.3 Å². The highest BCUT2D eigenvalue weighted by atomic mass is 79.9. The molecule has 9 heteroatoms. The zero-order chi connectivity index (χ0) is 18.1. The van der Waals surface area contributed by atoms with Gasteiger partial charge in [-0.1, -0.05) is 42.2 Å². The molecule has 2 aromatic carbocycles. The summed E-state index contributed by atoms with van der Waals surface area (Å²) in [5.74, 6) is -1.02. The van der Waals surface area contributed by atoms with Gasteiger partial charge in [0.2, 0.25) is 0 Å². The van der Waals surface area contributed by atoms with Gasteiger partial charge in [0.25, 0.3) is 11.6 Å². The van der Waals surface area contributed by atoms with Crippen molar-refractivity contribution in [2.75, 3.05) is 4.90 Å². The van der Waals surface area contributed by atoms with Crippen molar-refractivity contribution in [3.63, 3.8) is 0 Å². The Bertz CT molecular complexity index is 949. The molecule has 2 aromatic rings. The van der Waals surface area contributed by atoms with E-state index < -0.39 is 16.6 Å². The second kappa shape index (κ2) is 7.03. The predicted octanol–water partition coefficient (Wildman–Crippen LogP) is 4.90. The maximum atomic E-state index is 14.0. The van der Waals surface area contributed by atoms with Gasteiger partial charge >= 0.3 is 0 Å². The van der Waals surface area contributed by atoms with Crippen LogP contribution >= 0.6 is 39.9 Å². The summed E-state index contributed by atoms with van der Waals surface area (Å²) in [5.41, 5.74) is 0.442. The zero-order valence-electron chi connectivity index (χ0n) is 12.3. The van der Waals surface area contributed by atoms with Crippen LogP contribution in [0.15, 0.2) is 51.8 Å². The molecule has 0 aromatic heterocycles. The zero-order valence-corrected chi connectivity index (χ0v) is 15.5. The lowest BCUT2D eigenvalue weighted by Gasteiger charge is -2.14. The maximum absolute atomic E-state index is 14.0. The molecule has 0 atom stereocenters. The van der Waals surface area contributed by atoms with Gasteiger partial charge in [-0.25, -0.2) is 4.39 Å². The third-order valence-corrected chi connectivity index (χ3v) is 5.32. The molecule has 1 fully saturated rings. The van der Waals surface area contributed by atoms with E-state index in [2.05, 4.69) is 15.9 Å². The van der Waals surface area contributed by atoms with Crippen LogP contribution in [0.3, 0.4) is 0 Å². The van der Waals surface area contributed by atoms with Gasteiger partial charge in [-0.3, -0.25) is 19.8 Å². The second-order valence-corrected chi connectivity index (χ2v) is 7.47. The van der Waals surface area contributed by atoms with Crippen molar-refractivity contribution in [1.82, 2.24) is 0 Å². The summed E-state index contributed by atoms with van der Waals surface area (Å²) < 4.78 is 14.5. The van der Waals surface area contributed by atoms with E-state index >= 15 is 0 Å². The number of halogens is 2. The highest BCUT2D eigenvalue weighted by Crippen LogP contribution is 2.37. The number of thioether (sulfide) groups is 1. The molecular formula is C16H8BrFN2O3S2. The molecule has 0 aliphatic carbocycles. The molecular weight excluding hydrogens is 431 g/mol. The average Bonchev–Trinajstić information content (AvgIpc) is 2.84. The lowest BCUT2D eigenvalue weighted by molar-refractivity contribution is -0.385. The van der Waals surface area contributed by atoms with Gasteiger partial charge in [-0.05, 0) is 45.8 Å². The number of benzene rings is 2. The van der Waals surface area contributed by atoms with E-state index in [1.807, 2.05) is 0 Å². The largest absolute Gasteiger partial charge is 0.284 e. The average molecular weight is 439 g/mol. The molecule has 1 saturated heterocycles. The summed E-state index contributed by atoms with van der Waals surface area (Å²) in [6.45, 7) is 0. The molecule has 0 spiro atoms. The van der Waals surface area contributed by atoms with Gasteiger partial charge < -0.3 is 0 Å². The van der Waals surface area contributed by atoms with E-state index in [1.54, 1.807) is 12.1 Å². The lowest BCUT2D eigenvalue weighted by Crippen LogP contribution is -2.28. The number of para-hydroxylation sites is 1. The summed E-state index contributed by atoms with van der Waals surface area (Å²) in [4.78, 5) is 24.5. The Balaban J connectivity index is 1.98. The molecule has 1 heterocycles. The number of hydrogen-bond acceptors (Lipinski definition) is 5. The Morgan fingerprint density at radius 1 is 1.28 bits per heavy atom. The van der Waals surface area contributed by atoms with Gasteiger partial charge in [-0.2, -0.15) is 0 Å². The Kier molecular flexibility index (Phi) is 4.98. The van der Waals surface area contributed by atoms with E-state index in [9.17, 15) is 19.3 Å². The van der Waals surface area contributed by atoms with Gasteiger partial charge in [0, 0.05) is 6.07 Å². The second-order valence-electron chi connectivity index (χ2n) is 4.94. The summed E-state index contributed by atoms with van der Waals surface area (Å²) in [6, 6.07) is 10.4. The van der Waals surface area contributed by atoms with Crippen LogP contribution in [0, 0.1) is 15.9 Å². The minimum Gasteiger partial charge on any atom is -0.268 e. The third-order valence-electron chi connectivity index (χ3n) is 3.35. The fraction of sp³-hybridized carbons (Fsp3) is 0. The monoisotopic (exact) mass is 438 g/mol. The first kappa shape index (κ1) is 17.7. The summed E-state index contributed by atoms with van der Waals surface area (Å²) in [5, 5.41) is 11.0. The molecule has 1 amide bonds. The lowest BCUT2D eigenvalue weighted by atomic mass is 10.2. The fourth-order valence-corrected chi connectivity index (χ4v) is 3.90. The van der Waals surface area contributed by atoms with Gasteiger partial charge in [-0.15, -0.1) is 0 Å². The smallest absolute Gasteiger partial charge is 0.268 e. The van der Waals surface area contributed by atoms with Crippen LogP contribution in [0.25, 0.3) is 6.08 Å². The minimum atomic E-state index is -0.556. The molecule has 5 nitrogen and oxygen atoms in total. The Morgan fingerprint density at radius 2 is 2.00 bits per heavy atom. The van der Waals surface area contributed by atoms with Gasteiger partial charge in [0.15, 0.2) is 4.32 Å². The summed E-state index contributed by atoms with van der Waals surface area (Å²) >= 11 is 9.31. The van der Waals surface area contributed by atoms with Gasteiger partial charge in [0.05, 0.1) is 20.0 Å². The first-order valence-corrected chi connectivity index (χ1v) is 8.86. The number of nitrogens with zero attached hydrogens (tertiary/aromatic N) is 2. The van der Waals surface area contributed by atoms with E-state index in [-0.39, 0.29) is 20.6 Å². The van der Waals surface area contributed by atoms with E-state index in [4.69, 9.17) is 12.2 Å². The molecule has 0 bridgehead atoms. The molecule has 25 heavy (non-hydrogen) atoms. The number of rotatable bonds is 3. The molecule has 0 N–H and O–H groups in total. The first-order valence-electron chi connectivity index (χ1n) is 6.85. The van der Waals surface area contributed by atoms with Crippen LogP contribution in [0.1, 0.15) is 5.56 Å². The third kappa shape index (κ3) is 3.48. The quantitative estimate of drug-likeness (QED) is 0.295. The number of hydrogen-bond donors (Lipinski definition) is 0. The molecule has 0 radical (unpaired) electrons. The van der Waals surface area contributed by atoms with Crippen molar-refractivity contribution in [3.8, 4) is 0 Å². The number of thiocarbonyl (C=S) groups is 1. The van der Waals surface area contributed by atoms with Crippen LogP contribution < -0.4 is 4.90 Å². The molecule has 0 saturated carbocycles. The predicted molar refractivity (Wildman–Crippen MR) is 103 cm³/mol. The number of carbonyl (C=O) groups is 1. The Morgan fingerprint density at radius 3 is 2.68 bits per heavy atom. The number of nitro groups is 1. The fourth-order valence-electron chi connectivity index (χ4n) is 2.22. The van der Waals surface area contributed by atoms with Crippen molar-refractivity contribution in [2.24, 2.45) is 0 Å².